The molecule has 2 N–H and O–H groups in total. The normalized spacial score (nSPS) is 18.2. The topological polar surface area (TPSA) is 106 Å². The number of aromatic nitrogens is 2. The van der Waals surface area contributed by atoms with Gasteiger partial charge in [0.15, 0.2) is 6.61 Å². The summed E-state index contributed by atoms with van der Waals surface area (Å²) in [5.74, 6) is -0.788. The minimum Gasteiger partial charge on any atom is -0.484 e. The van der Waals surface area contributed by atoms with Gasteiger partial charge >= 0.3 is 0 Å². The van der Waals surface area contributed by atoms with E-state index in [4.69, 9.17) is 32.4 Å². The summed E-state index contributed by atoms with van der Waals surface area (Å²) in [6.07, 6.45) is 0.860. The van der Waals surface area contributed by atoms with Gasteiger partial charge in [0.25, 0.3) is 5.91 Å². The van der Waals surface area contributed by atoms with Crippen molar-refractivity contribution in [3.05, 3.63) is 64.2 Å². The molecule has 1 aliphatic heterocycles. The Labute approximate surface area is 192 Å². The van der Waals surface area contributed by atoms with Crippen LogP contribution < -0.4 is 15.4 Å². The van der Waals surface area contributed by atoms with Gasteiger partial charge in [-0.3, -0.25) is 9.59 Å². The molecule has 1 fully saturated rings. The summed E-state index contributed by atoms with van der Waals surface area (Å²) in [5, 5.41) is 14.0. The molecule has 1 aromatic heterocycles. The molecule has 0 spiro atoms. The summed E-state index contributed by atoms with van der Waals surface area (Å²) < 4.78 is 24.4. The molecule has 32 heavy (non-hydrogen) atoms. The summed E-state index contributed by atoms with van der Waals surface area (Å²) in [5.41, 5.74) is 0.709. The molecule has 0 aliphatic carbocycles. The van der Waals surface area contributed by atoms with Gasteiger partial charge in [0.05, 0.1) is 5.02 Å². The van der Waals surface area contributed by atoms with Gasteiger partial charge in [-0.25, -0.2) is 4.39 Å². The number of rotatable bonds is 6. The number of halogens is 3. The molecular weight excluding hydrogens is 462 g/mol. The zero-order valence-corrected chi connectivity index (χ0v) is 18.0. The Morgan fingerprint density at radius 3 is 2.69 bits per heavy atom. The number of hydrogen-bond acceptors (Lipinski definition) is 6. The summed E-state index contributed by atoms with van der Waals surface area (Å²) >= 11 is 11.5. The first-order chi connectivity index (χ1) is 15.4. The predicted octanol–water partition coefficient (Wildman–Crippen LogP) is 3.70. The van der Waals surface area contributed by atoms with Crippen molar-refractivity contribution in [3.8, 4) is 17.2 Å². The van der Waals surface area contributed by atoms with Crippen LogP contribution in [0.2, 0.25) is 10.0 Å². The molecule has 2 unspecified atom stereocenters. The zero-order chi connectivity index (χ0) is 22.7. The number of carbonyl (C=O) groups excluding carboxylic acids is 2. The Morgan fingerprint density at radius 2 is 1.97 bits per heavy atom. The Kier molecular flexibility index (Phi) is 6.57. The molecule has 3 aromatic rings. The lowest BCUT2D eigenvalue weighted by molar-refractivity contribution is -0.132. The van der Waals surface area contributed by atoms with Crippen LogP contribution in [-0.4, -0.2) is 34.7 Å². The fourth-order valence-corrected chi connectivity index (χ4v) is 3.41. The average Bonchev–Trinajstić information content (AvgIpc) is 3.27. The van der Waals surface area contributed by atoms with Crippen molar-refractivity contribution in [3.63, 3.8) is 0 Å². The molecular formula is C21H17Cl2FN4O4. The highest BCUT2D eigenvalue weighted by atomic mass is 35.5. The van der Waals surface area contributed by atoms with Crippen LogP contribution in [0.1, 0.15) is 24.8 Å². The van der Waals surface area contributed by atoms with E-state index in [0.717, 1.165) is 6.07 Å². The SMILES string of the molecule is O=C(COc1ccc(Cl)c(F)c1)NC1CCC(c2nnc(-c3ccc(Cl)cc3)o2)NC1=O. The molecule has 2 aromatic carbocycles. The summed E-state index contributed by atoms with van der Waals surface area (Å²) in [4.78, 5) is 24.6. The number of nitrogens with one attached hydrogen (secondary N) is 2. The standard InChI is InChI=1S/C21H17Cl2FN4O4/c22-12-3-1-11(2-4-12)20-27-28-21(32-20)17-8-7-16(19(30)26-17)25-18(29)10-31-13-5-6-14(23)15(24)9-13/h1-6,9,16-17H,7-8,10H2,(H,25,29)(H,26,30). The van der Waals surface area contributed by atoms with E-state index in [0.29, 0.717) is 29.3 Å². The largest absolute Gasteiger partial charge is 0.484 e. The van der Waals surface area contributed by atoms with Crippen LogP contribution in [0.5, 0.6) is 5.75 Å². The molecule has 1 saturated heterocycles. The maximum Gasteiger partial charge on any atom is 0.258 e. The molecule has 2 amide bonds. The first-order valence-electron chi connectivity index (χ1n) is 9.66. The van der Waals surface area contributed by atoms with Crippen molar-refractivity contribution in [2.24, 2.45) is 0 Å². The first-order valence-corrected chi connectivity index (χ1v) is 10.4. The van der Waals surface area contributed by atoms with Gasteiger partial charge in [0.1, 0.15) is 23.7 Å². The molecule has 166 valence electrons. The molecule has 8 nitrogen and oxygen atoms in total. The number of amides is 2. The zero-order valence-electron chi connectivity index (χ0n) is 16.5. The van der Waals surface area contributed by atoms with Gasteiger partial charge in [0, 0.05) is 16.7 Å². The van der Waals surface area contributed by atoms with Gasteiger partial charge in [-0.15, -0.1) is 10.2 Å². The van der Waals surface area contributed by atoms with Gasteiger partial charge < -0.3 is 19.8 Å². The van der Waals surface area contributed by atoms with E-state index in [1.807, 2.05) is 0 Å². The average molecular weight is 479 g/mol. The number of ether oxygens (including phenoxy) is 1. The van der Waals surface area contributed by atoms with Crippen LogP contribution in [0.3, 0.4) is 0 Å². The van der Waals surface area contributed by atoms with Crippen molar-refractivity contribution in [1.82, 2.24) is 20.8 Å². The molecule has 1 aliphatic rings. The molecule has 0 radical (unpaired) electrons. The second kappa shape index (κ2) is 9.54. The van der Waals surface area contributed by atoms with E-state index in [9.17, 15) is 14.0 Å². The lowest BCUT2D eigenvalue weighted by Gasteiger charge is -2.27. The Bertz CT molecular complexity index is 1140. The first kappa shape index (κ1) is 22.0. The van der Waals surface area contributed by atoms with E-state index in [-0.39, 0.29) is 29.2 Å². The van der Waals surface area contributed by atoms with Crippen molar-refractivity contribution in [1.29, 1.82) is 0 Å². The smallest absolute Gasteiger partial charge is 0.258 e. The van der Waals surface area contributed by atoms with Gasteiger partial charge in [0.2, 0.25) is 17.7 Å². The summed E-state index contributed by atoms with van der Waals surface area (Å²) in [6.45, 7) is -0.373. The van der Waals surface area contributed by atoms with Crippen LogP contribution in [0.15, 0.2) is 46.9 Å². The molecule has 11 heteroatoms. The van der Waals surface area contributed by atoms with Gasteiger partial charge in [-0.1, -0.05) is 23.2 Å². The van der Waals surface area contributed by atoms with Crippen LogP contribution in [0.25, 0.3) is 11.5 Å². The highest BCUT2D eigenvalue weighted by Crippen LogP contribution is 2.27. The maximum absolute atomic E-state index is 13.4. The third kappa shape index (κ3) is 5.17. The highest BCUT2D eigenvalue weighted by molar-refractivity contribution is 6.31. The van der Waals surface area contributed by atoms with Crippen molar-refractivity contribution in [2.45, 2.75) is 24.9 Å². The lowest BCUT2D eigenvalue weighted by Crippen LogP contribution is -2.52. The molecule has 0 saturated carbocycles. The van der Waals surface area contributed by atoms with Gasteiger partial charge in [-0.05, 0) is 49.2 Å². The monoisotopic (exact) mass is 478 g/mol. The van der Waals surface area contributed by atoms with Crippen LogP contribution in [0, 0.1) is 5.82 Å². The molecule has 2 atom stereocenters. The minimum atomic E-state index is -0.733. The van der Waals surface area contributed by atoms with Crippen LogP contribution >= 0.6 is 23.2 Å². The Morgan fingerprint density at radius 1 is 1.19 bits per heavy atom. The summed E-state index contributed by atoms with van der Waals surface area (Å²) in [6, 6.07) is 9.59. The third-order valence-electron chi connectivity index (χ3n) is 4.80. The van der Waals surface area contributed by atoms with Crippen molar-refractivity contribution >= 4 is 35.0 Å². The fourth-order valence-electron chi connectivity index (χ4n) is 3.17. The van der Waals surface area contributed by atoms with Crippen LogP contribution in [-0.2, 0) is 9.59 Å². The minimum absolute atomic E-state index is 0.0447. The van der Waals surface area contributed by atoms with E-state index < -0.39 is 23.8 Å². The number of hydrogen-bond donors (Lipinski definition) is 2. The summed E-state index contributed by atoms with van der Waals surface area (Å²) in [7, 11) is 0. The van der Waals surface area contributed by atoms with Gasteiger partial charge in [-0.2, -0.15) is 0 Å². The number of carbonyl (C=O) groups is 2. The van der Waals surface area contributed by atoms with E-state index >= 15 is 0 Å². The molecule has 2 heterocycles. The van der Waals surface area contributed by atoms with Crippen molar-refractivity contribution in [2.75, 3.05) is 6.61 Å². The predicted molar refractivity (Wildman–Crippen MR) is 114 cm³/mol. The van der Waals surface area contributed by atoms with E-state index in [1.165, 1.54) is 12.1 Å². The quantitative estimate of drug-likeness (QED) is 0.559. The second-order valence-electron chi connectivity index (χ2n) is 7.08. The fraction of sp³-hybridized carbons (Fsp3) is 0.238. The lowest BCUT2D eigenvalue weighted by atomic mass is 10.00. The maximum atomic E-state index is 13.4. The molecule has 4 rings (SSSR count). The van der Waals surface area contributed by atoms with E-state index in [2.05, 4.69) is 20.8 Å². The number of piperidine rings is 1. The Balaban J connectivity index is 1.29. The number of nitrogens with zero attached hydrogens (tertiary/aromatic N) is 2. The van der Waals surface area contributed by atoms with E-state index in [1.54, 1.807) is 24.3 Å². The second-order valence-corrected chi connectivity index (χ2v) is 7.92. The molecule has 0 bridgehead atoms. The number of benzene rings is 2. The van der Waals surface area contributed by atoms with Crippen molar-refractivity contribution < 1.29 is 23.1 Å². The Hall–Kier alpha value is -3.17. The van der Waals surface area contributed by atoms with Crippen LogP contribution in [0.4, 0.5) is 4.39 Å². The highest BCUT2D eigenvalue weighted by Gasteiger charge is 2.32. The third-order valence-corrected chi connectivity index (χ3v) is 5.36.